The second-order valence-corrected chi connectivity index (χ2v) is 7.36. The van der Waals surface area contributed by atoms with Gasteiger partial charge in [-0.05, 0) is 38.5 Å². The Hall–Kier alpha value is -0.970. The van der Waals surface area contributed by atoms with E-state index in [-0.39, 0.29) is 5.54 Å². The molecule has 2 rings (SSSR count). The molecule has 1 N–H and O–H groups in total. The van der Waals surface area contributed by atoms with Crippen LogP contribution in [0.15, 0.2) is 40.4 Å². The normalized spacial score (nSPS) is 11.8. The van der Waals surface area contributed by atoms with Gasteiger partial charge in [-0.1, -0.05) is 29.4 Å². The fraction of sp³-hybridized carbons (Fsp3) is 0.400. The molecule has 0 radical (unpaired) electrons. The van der Waals surface area contributed by atoms with E-state index >= 15 is 0 Å². The van der Waals surface area contributed by atoms with E-state index in [2.05, 4.69) is 43.3 Å². The van der Waals surface area contributed by atoms with Crippen LogP contribution in [-0.4, -0.2) is 15.3 Å². The third kappa shape index (κ3) is 4.54. The van der Waals surface area contributed by atoms with Crippen molar-refractivity contribution in [2.75, 3.05) is 0 Å². The zero-order valence-electron chi connectivity index (χ0n) is 12.3. The topological polar surface area (TPSA) is 29.9 Å². The molecule has 3 nitrogen and oxygen atoms in total. The molecule has 20 heavy (non-hydrogen) atoms. The summed E-state index contributed by atoms with van der Waals surface area (Å²) in [4.78, 5) is 2.24. The van der Waals surface area contributed by atoms with Crippen LogP contribution in [0, 0.1) is 0 Å². The molecule has 0 spiro atoms. The number of halogens is 1. The Balaban J connectivity index is 2.05. The van der Waals surface area contributed by atoms with Gasteiger partial charge >= 0.3 is 0 Å². The first kappa shape index (κ1) is 15.4. The van der Waals surface area contributed by atoms with Crippen LogP contribution in [0.3, 0.4) is 0 Å². The van der Waals surface area contributed by atoms with E-state index in [1.165, 1.54) is 0 Å². The summed E-state index contributed by atoms with van der Waals surface area (Å²) in [7, 11) is 1.91. The van der Waals surface area contributed by atoms with Gasteiger partial charge in [-0.2, -0.15) is 5.10 Å². The van der Waals surface area contributed by atoms with Gasteiger partial charge in [0.1, 0.15) is 0 Å². The van der Waals surface area contributed by atoms with Crippen LogP contribution in [0.25, 0.3) is 0 Å². The highest BCUT2D eigenvalue weighted by Crippen LogP contribution is 2.30. The van der Waals surface area contributed by atoms with Crippen molar-refractivity contribution in [3.8, 4) is 0 Å². The van der Waals surface area contributed by atoms with Crippen LogP contribution < -0.4 is 5.32 Å². The number of benzene rings is 1. The maximum absolute atomic E-state index is 6.36. The fourth-order valence-corrected chi connectivity index (χ4v) is 2.89. The SMILES string of the molecule is Cn1cc(Sc2ccc(CNC(C)(C)C)c(Cl)c2)cn1. The molecular weight excluding hydrogens is 290 g/mol. The van der Waals surface area contributed by atoms with Crippen molar-refractivity contribution in [1.29, 1.82) is 0 Å². The van der Waals surface area contributed by atoms with Crippen LogP contribution in [0.2, 0.25) is 5.02 Å². The molecule has 2 aromatic rings. The molecule has 0 fully saturated rings. The quantitative estimate of drug-likeness (QED) is 0.921. The van der Waals surface area contributed by atoms with Crippen molar-refractivity contribution in [2.24, 2.45) is 7.05 Å². The molecule has 1 aromatic heterocycles. The van der Waals surface area contributed by atoms with Gasteiger partial charge in [0, 0.05) is 35.2 Å². The molecule has 0 unspecified atom stereocenters. The number of aryl methyl sites for hydroxylation is 1. The van der Waals surface area contributed by atoms with Crippen molar-refractivity contribution in [3.63, 3.8) is 0 Å². The lowest BCUT2D eigenvalue weighted by molar-refractivity contribution is 0.424. The Morgan fingerprint density at radius 2 is 2.05 bits per heavy atom. The second kappa shape index (κ2) is 6.20. The zero-order chi connectivity index (χ0) is 14.8. The number of aromatic nitrogens is 2. The van der Waals surface area contributed by atoms with Gasteiger partial charge < -0.3 is 5.32 Å². The molecule has 0 bridgehead atoms. The van der Waals surface area contributed by atoms with Crippen molar-refractivity contribution in [2.45, 2.75) is 42.6 Å². The van der Waals surface area contributed by atoms with Gasteiger partial charge in [0.25, 0.3) is 0 Å². The van der Waals surface area contributed by atoms with E-state index in [1.54, 1.807) is 16.4 Å². The largest absolute Gasteiger partial charge is 0.308 e. The number of rotatable bonds is 4. The molecule has 0 atom stereocenters. The third-order valence-corrected chi connectivity index (χ3v) is 4.04. The lowest BCUT2D eigenvalue weighted by atomic mass is 10.1. The summed E-state index contributed by atoms with van der Waals surface area (Å²) in [6.45, 7) is 7.22. The van der Waals surface area contributed by atoms with Crippen LogP contribution in [-0.2, 0) is 13.6 Å². The Morgan fingerprint density at radius 3 is 2.60 bits per heavy atom. The minimum atomic E-state index is 0.0897. The fourth-order valence-electron chi connectivity index (χ4n) is 1.68. The Labute approximate surface area is 129 Å². The summed E-state index contributed by atoms with van der Waals surface area (Å²) in [6, 6.07) is 6.20. The van der Waals surface area contributed by atoms with Gasteiger partial charge in [0.05, 0.1) is 11.1 Å². The van der Waals surface area contributed by atoms with E-state index in [0.29, 0.717) is 0 Å². The molecule has 1 aromatic carbocycles. The number of hydrogen-bond acceptors (Lipinski definition) is 3. The number of nitrogens with zero attached hydrogens (tertiary/aromatic N) is 2. The molecule has 0 aliphatic rings. The minimum Gasteiger partial charge on any atom is -0.308 e. The summed E-state index contributed by atoms with van der Waals surface area (Å²) in [5, 5.41) is 8.41. The Kier molecular flexibility index (Phi) is 4.78. The summed E-state index contributed by atoms with van der Waals surface area (Å²) in [5.74, 6) is 0. The highest BCUT2D eigenvalue weighted by Gasteiger charge is 2.10. The van der Waals surface area contributed by atoms with Crippen molar-refractivity contribution in [1.82, 2.24) is 15.1 Å². The molecule has 108 valence electrons. The van der Waals surface area contributed by atoms with Crippen molar-refractivity contribution in [3.05, 3.63) is 41.2 Å². The lowest BCUT2D eigenvalue weighted by Gasteiger charge is -2.21. The number of nitrogens with one attached hydrogen (secondary N) is 1. The van der Waals surface area contributed by atoms with Gasteiger partial charge in [0.2, 0.25) is 0 Å². The van der Waals surface area contributed by atoms with E-state index in [9.17, 15) is 0 Å². The molecule has 0 aliphatic carbocycles. The van der Waals surface area contributed by atoms with Gasteiger partial charge in [0.15, 0.2) is 0 Å². The van der Waals surface area contributed by atoms with Gasteiger partial charge in [-0.25, -0.2) is 0 Å². The predicted octanol–water partition coefficient (Wildman–Crippen LogP) is 4.11. The standard InChI is InChI=1S/C15H20ClN3S/c1-15(2,3)17-8-11-5-6-12(7-14(11)16)20-13-9-18-19(4)10-13/h5-7,9-10,17H,8H2,1-4H3. The molecule has 0 aliphatic heterocycles. The Bertz CT molecular complexity index is 587. The zero-order valence-corrected chi connectivity index (χ0v) is 13.8. The first-order valence-electron chi connectivity index (χ1n) is 6.53. The molecule has 0 amide bonds. The van der Waals surface area contributed by atoms with Crippen LogP contribution in [0.5, 0.6) is 0 Å². The average Bonchev–Trinajstić information content (AvgIpc) is 2.72. The highest BCUT2D eigenvalue weighted by molar-refractivity contribution is 7.99. The minimum absolute atomic E-state index is 0.0897. The summed E-state index contributed by atoms with van der Waals surface area (Å²) >= 11 is 8.02. The maximum atomic E-state index is 6.36. The molecule has 1 heterocycles. The van der Waals surface area contributed by atoms with Gasteiger partial charge in [-0.15, -0.1) is 0 Å². The summed E-state index contributed by atoms with van der Waals surface area (Å²) in [6.07, 6.45) is 3.85. The smallest absolute Gasteiger partial charge is 0.0629 e. The first-order chi connectivity index (χ1) is 9.33. The molecule has 5 heteroatoms. The lowest BCUT2D eigenvalue weighted by Crippen LogP contribution is -2.35. The molecule has 0 saturated heterocycles. The average molecular weight is 310 g/mol. The Morgan fingerprint density at radius 1 is 1.30 bits per heavy atom. The van der Waals surface area contributed by atoms with Crippen molar-refractivity contribution < 1.29 is 0 Å². The van der Waals surface area contributed by atoms with Crippen LogP contribution in [0.4, 0.5) is 0 Å². The van der Waals surface area contributed by atoms with E-state index in [0.717, 1.165) is 26.9 Å². The van der Waals surface area contributed by atoms with Crippen LogP contribution in [0.1, 0.15) is 26.3 Å². The third-order valence-electron chi connectivity index (χ3n) is 2.75. The van der Waals surface area contributed by atoms with E-state index < -0.39 is 0 Å². The van der Waals surface area contributed by atoms with E-state index in [1.807, 2.05) is 25.5 Å². The first-order valence-corrected chi connectivity index (χ1v) is 7.73. The van der Waals surface area contributed by atoms with Gasteiger partial charge in [-0.3, -0.25) is 4.68 Å². The monoisotopic (exact) mass is 309 g/mol. The predicted molar refractivity (Wildman–Crippen MR) is 85.4 cm³/mol. The maximum Gasteiger partial charge on any atom is 0.0629 e. The van der Waals surface area contributed by atoms with Crippen molar-refractivity contribution >= 4 is 23.4 Å². The molecular formula is C15H20ClN3S. The second-order valence-electron chi connectivity index (χ2n) is 5.81. The highest BCUT2D eigenvalue weighted by atomic mass is 35.5. The summed E-state index contributed by atoms with van der Waals surface area (Å²) in [5.41, 5.74) is 1.21. The summed E-state index contributed by atoms with van der Waals surface area (Å²) < 4.78 is 1.80. The van der Waals surface area contributed by atoms with E-state index in [4.69, 9.17) is 11.6 Å². The molecule has 0 saturated carbocycles. The number of hydrogen-bond donors (Lipinski definition) is 1. The van der Waals surface area contributed by atoms with Crippen LogP contribution >= 0.6 is 23.4 Å².